The zero-order valence-corrected chi connectivity index (χ0v) is 19.9. The highest BCUT2D eigenvalue weighted by atomic mass is 35.5. The van der Waals surface area contributed by atoms with Gasteiger partial charge in [0.1, 0.15) is 17.2 Å². The van der Waals surface area contributed by atoms with Gasteiger partial charge in [0, 0.05) is 32.8 Å². The minimum Gasteiger partial charge on any atom is -0.382 e. The number of nitrogens with zero attached hydrogens (tertiary/aromatic N) is 4. The van der Waals surface area contributed by atoms with Crippen LogP contribution in [0.4, 0.5) is 0 Å². The first kappa shape index (κ1) is 24.4. The van der Waals surface area contributed by atoms with Gasteiger partial charge in [0.2, 0.25) is 5.91 Å². The van der Waals surface area contributed by atoms with Crippen molar-refractivity contribution >= 4 is 35.2 Å². The number of nitrogen functional groups attached to an aromatic ring is 1. The van der Waals surface area contributed by atoms with E-state index in [0.717, 1.165) is 42.6 Å². The van der Waals surface area contributed by atoms with E-state index in [1.54, 1.807) is 29.9 Å². The third kappa shape index (κ3) is 4.61. The van der Waals surface area contributed by atoms with Gasteiger partial charge in [-0.25, -0.2) is 4.98 Å². The lowest BCUT2D eigenvalue weighted by molar-refractivity contribution is -0.135. The number of likely N-dealkylation sites (tertiary alicyclic amines) is 1. The molecule has 174 valence electrons. The highest BCUT2D eigenvalue weighted by molar-refractivity contribution is 5.93. The number of aryl methyl sites for hydroxylation is 1. The number of pyridine rings is 1. The number of carbonyl (C=O) groups is 1. The zero-order valence-electron chi connectivity index (χ0n) is 19.1. The molecule has 1 fully saturated rings. The van der Waals surface area contributed by atoms with Crippen molar-refractivity contribution in [1.82, 2.24) is 19.4 Å². The number of amides is 1. The number of hydrogen-bond acceptors (Lipinski definition) is 5. The van der Waals surface area contributed by atoms with Crippen molar-refractivity contribution in [2.24, 2.45) is 12.8 Å². The van der Waals surface area contributed by atoms with Gasteiger partial charge < -0.3 is 15.2 Å². The smallest absolute Gasteiger partial charge is 0.272 e. The molecule has 8 nitrogen and oxygen atoms in total. The highest BCUT2D eigenvalue weighted by Gasteiger charge is 2.35. The molecular weight excluding hydrogens is 440 g/mol. The van der Waals surface area contributed by atoms with Crippen molar-refractivity contribution < 1.29 is 4.79 Å². The summed E-state index contributed by atoms with van der Waals surface area (Å²) in [7, 11) is 1.73. The molecule has 0 unspecified atom stereocenters. The van der Waals surface area contributed by atoms with Crippen molar-refractivity contribution in [2.75, 3.05) is 13.1 Å². The van der Waals surface area contributed by atoms with E-state index < -0.39 is 5.41 Å². The summed E-state index contributed by atoms with van der Waals surface area (Å²) in [6.07, 6.45) is 4.02. The number of hydrogen-bond donors (Lipinski definition) is 2. The Balaban J connectivity index is 0.00000306. The Hall–Kier alpha value is -3.26. The van der Waals surface area contributed by atoms with Gasteiger partial charge in [-0.3, -0.25) is 20.0 Å². The number of aromatic nitrogens is 3. The Morgan fingerprint density at radius 1 is 1.18 bits per heavy atom. The predicted octanol–water partition coefficient (Wildman–Crippen LogP) is 2.53. The predicted molar refractivity (Wildman–Crippen MR) is 131 cm³/mol. The number of halogens is 1. The van der Waals surface area contributed by atoms with Crippen LogP contribution in [0, 0.1) is 5.41 Å². The average Bonchev–Trinajstić information content (AvgIpc) is 3.31. The minimum absolute atomic E-state index is 0. The molecule has 1 amide bonds. The van der Waals surface area contributed by atoms with Crippen molar-refractivity contribution in [3.05, 3.63) is 69.4 Å². The Morgan fingerprint density at radius 3 is 2.48 bits per heavy atom. The molecule has 2 aromatic heterocycles. The average molecular weight is 469 g/mol. The van der Waals surface area contributed by atoms with Crippen LogP contribution in [-0.4, -0.2) is 44.3 Å². The van der Waals surface area contributed by atoms with E-state index in [0.29, 0.717) is 23.3 Å². The summed E-state index contributed by atoms with van der Waals surface area (Å²) in [5.74, 6) is 0.0194. The number of benzene rings is 1. The highest BCUT2D eigenvalue weighted by Crippen LogP contribution is 2.29. The molecule has 33 heavy (non-hydrogen) atoms. The van der Waals surface area contributed by atoms with Crippen LogP contribution < -0.4 is 11.3 Å². The quantitative estimate of drug-likeness (QED) is 0.440. The van der Waals surface area contributed by atoms with Gasteiger partial charge in [0.15, 0.2) is 0 Å². The van der Waals surface area contributed by atoms with Gasteiger partial charge in [0.05, 0.1) is 16.4 Å². The molecule has 0 bridgehead atoms. The molecule has 4 rings (SSSR count). The summed E-state index contributed by atoms with van der Waals surface area (Å²) >= 11 is 0. The number of fused-ring (bicyclic) bond motifs is 1. The van der Waals surface area contributed by atoms with Gasteiger partial charge in [-0.2, -0.15) is 0 Å². The van der Waals surface area contributed by atoms with Gasteiger partial charge in [0.25, 0.3) is 5.56 Å². The third-order valence-electron chi connectivity index (χ3n) is 6.27. The number of nitrogens with two attached hydrogens (primary N) is 1. The molecule has 1 aromatic carbocycles. The van der Waals surface area contributed by atoms with E-state index in [9.17, 15) is 9.59 Å². The fraction of sp³-hybridized carbons (Fsp3) is 0.375. The lowest BCUT2D eigenvalue weighted by Gasteiger charge is -2.29. The fourth-order valence-electron chi connectivity index (χ4n) is 4.22. The molecule has 3 aromatic rings. The van der Waals surface area contributed by atoms with Crippen molar-refractivity contribution in [3.63, 3.8) is 0 Å². The molecule has 0 aliphatic carbocycles. The number of nitrogens with one attached hydrogen (secondary N) is 1. The summed E-state index contributed by atoms with van der Waals surface area (Å²) in [5.41, 5.74) is 8.48. The van der Waals surface area contributed by atoms with Crippen molar-refractivity contribution in [2.45, 2.75) is 38.5 Å². The van der Waals surface area contributed by atoms with Gasteiger partial charge in [-0.1, -0.05) is 12.1 Å². The Labute approximate surface area is 198 Å². The first-order valence-electron chi connectivity index (χ1n) is 10.8. The Bertz CT molecular complexity index is 1260. The molecular formula is C24H29ClN6O2. The van der Waals surface area contributed by atoms with Crippen molar-refractivity contribution in [3.8, 4) is 0 Å². The standard InChI is InChI=1S/C24H28N6O2.ClH/c1-24(2,23(32)30-10-4-5-11-30)16-7-9-20-18(13-16)28-19(22(31)29(20)3)12-15-6-8-17(21(25)26)27-14-15;/h6-9,13-14H,4-5,10-12H2,1-3H3,(H3,25,26);1H. The lowest BCUT2D eigenvalue weighted by atomic mass is 9.83. The van der Waals surface area contributed by atoms with Gasteiger partial charge in [-0.15, -0.1) is 12.4 Å². The number of amidine groups is 1. The molecule has 0 atom stereocenters. The normalized spacial score (nSPS) is 13.7. The summed E-state index contributed by atoms with van der Waals surface area (Å²) in [5, 5.41) is 7.46. The maximum Gasteiger partial charge on any atom is 0.272 e. The molecule has 0 spiro atoms. The number of rotatable bonds is 5. The molecule has 0 saturated carbocycles. The van der Waals surface area contributed by atoms with Gasteiger partial charge >= 0.3 is 0 Å². The van der Waals surface area contributed by atoms with Crippen LogP contribution in [0.25, 0.3) is 11.0 Å². The second-order valence-corrected chi connectivity index (χ2v) is 8.89. The third-order valence-corrected chi connectivity index (χ3v) is 6.27. The van der Waals surface area contributed by atoms with E-state index in [4.69, 9.17) is 11.1 Å². The van der Waals surface area contributed by atoms with E-state index in [1.165, 1.54) is 0 Å². The monoisotopic (exact) mass is 468 g/mol. The summed E-state index contributed by atoms with van der Waals surface area (Å²) in [6, 6.07) is 9.16. The molecule has 1 aliphatic heterocycles. The molecule has 3 heterocycles. The van der Waals surface area contributed by atoms with E-state index in [1.807, 2.05) is 36.9 Å². The van der Waals surface area contributed by atoms with E-state index in [-0.39, 0.29) is 29.7 Å². The Kier molecular flexibility index (Phi) is 6.88. The fourth-order valence-corrected chi connectivity index (χ4v) is 4.22. The topological polar surface area (TPSA) is 118 Å². The first-order valence-corrected chi connectivity index (χ1v) is 10.8. The molecule has 9 heteroatoms. The minimum atomic E-state index is -0.679. The summed E-state index contributed by atoms with van der Waals surface area (Å²) in [4.78, 5) is 36.8. The maximum atomic E-state index is 13.1. The van der Waals surface area contributed by atoms with Crippen LogP contribution in [-0.2, 0) is 23.7 Å². The van der Waals surface area contributed by atoms with Crippen LogP contribution in [0.15, 0.2) is 41.3 Å². The van der Waals surface area contributed by atoms with Crippen LogP contribution in [0.2, 0.25) is 0 Å². The summed E-state index contributed by atoms with van der Waals surface area (Å²) < 4.78 is 1.59. The van der Waals surface area contributed by atoms with Crippen LogP contribution in [0.3, 0.4) is 0 Å². The van der Waals surface area contributed by atoms with Crippen LogP contribution in [0.5, 0.6) is 0 Å². The number of carbonyl (C=O) groups excluding carboxylic acids is 1. The molecule has 0 radical (unpaired) electrons. The zero-order chi connectivity index (χ0) is 23.0. The molecule has 1 saturated heterocycles. The van der Waals surface area contributed by atoms with E-state index in [2.05, 4.69) is 9.97 Å². The first-order chi connectivity index (χ1) is 15.2. The van der Waals surface area contributed by atoms with Crippen LogP contribution >= 0.6 is 12.4 Å². The van der Waals surface area contributed by atoms with Crippen molar-refractivity contribution in [1.29, 1.82) is 5.41 Å². The van der Waals surface area contributed by atoms with Gasteiger partial charge in [-0.05, 0) is 56.0 Å². The molecule has 1 aliphatic rings. The summed E-state index contributed by atoms with van der Waals surface area (Å²) in [6.45, 7) is 5.51. The second-order valence-electron chi connectivity index (χ2n) is 8.89. The second kappa shape index (κ2) is 9.31. The lowest BCUT2D eigenvalue weighted by Crippen LogP contribution is -2.42. The van der Waals surface area contributed by atoms with E-state index >= 15 is 0 Å². The molecule has 3 N–H and O–H groups in total. The Morgan fingerprint density at radius 2 is 1.88 bits per heavy atom. The maximum absolute atomic E-state index is 13.1. The SMILES string of the molecule is Cl.Cn1c(=O)c(Cc2ccc(C(=N)N)nc2)nc2cc(C(C)(C)C(=O)N3CCCC3)ccc21. The largest absolute Gasteiger partial charge is 0.382 e. The van der Waals surface area contributed by atoms with Crippen LogP contribution in [0.1, 0.15) is 49.2 Å².